The van der Waals surface area contributed by atoms with Crippen molar-refractivity contribution in [2.45, 2.75) is 32.4 Å². The van der Waals surface area contributed by atoms with Crippen LogP contribution < -0.4 is 10.6 Å². The van der Waals surface area contributed by atoms with Gasteiger partial charge in [-0.05, 0) is 25.5 Å². The SMILES string of the molecule is CCNCc1cc(F)cnc1NC1CC1. The molecule has 2 rings (SSSR count). The smallest absolute Gasteiger partial charge is 0.141 e. The second-order valence-corrected chi connectivity index (χ2v) is 3.86. The number of pyridine rings is 1. The number of hydrogen-bond donors (Lipinski definition) is 2. The highest BCUT2D eigenvalue weighted by molar-refractivity contribution is 5.45. The fraction of sp³-hybridized carbons (Fsp3) is 0.545. The molecule has 0 amide bonds. The van der Waals surface area contributed by atoms with E-state index in [1.165, 1.54) is 19.0 Å². The third kappa shape index (κ3) is 2.89. The lowest BCUT2D eigenvalue weighted by Crippen LogP contribution is -2.15. The van der Waals surface area contributed by atoms with Crippen LogP contribution in [0.3, 0.4) is 0 Å². The molecule has 0 saturated heterocycles. The van der Waals surface area contributed by atoms with Gasteiger partial charge in [0.15, 0.2) is 0 Å². The van der Waals surface area contributed by atoms with Crippen LogP contribution in [-0.4, -0.2) is 17.6 Å². The van der Waals surface area contributed by atoms with Crippen LogP contribution in [0.2, 0.25) is 0 Å². The quantitative estimate of drug-likeness (QED) is 0.777. The third-order valence-corrected chi connectivity index (χ3v) is 2.42. The van der Waals surface area contributed by atoms with E-state index in [4.69, 9.17) is 0 Å². The number of nitrogens with zero attached hydrogens (tertiary/aromatic N) is 1. The van der Waals surface area contributed by atoms with Gasteiger partial charge in [0, 0.05) is 18.2 Å². The van der Waals surface area contributed by atoms with Crippen molar-refractivity contribution < 1.29 is 4.39 Å². The third-order valence-electron chi connectivity index (χ3n) is 2.42. The highest BCUT2D eigenvalue weighted by Gasteiger charge is 2.22. The van der Waals surface area contributed by atoms with Crippen LogP contribution in [0.4, 0.5) is 10.2 Å². The van der Waals surface area contributed by atoms with E-state index in [0.717, 1.165) is 17.9 Å². The predicted octanol–water partition coefficient (Wildman–Crippen LogP) is 1.90. The topological polar surface area (TPSA) is 37.0 Å². The van der Waals surface area contributed by atoms with E-state index in [0.29, 0.717) is 12.6 Å². The van der Waals surface area contributed by atoms with E-state index in [9.17, 15) is 4.39 Å². The predicted molar refractivity (Wildman–Crippen MR) is 58.2 cm³/mol. The Kier molecular flexibility index (Phi) is 3.16. The number of anilines is 1. The van der Waals surface area contributed by atoms with Crippen molar-refractivity contribution in [3.63, 3.8) is 0 Å². The fourth-order valence-electron chi connectivity index (χ4n) is 1.43. The monoisotopic (exact) mass is 209 g/mol. The molecular formula is C11H16FN3. The largest absolute Gasteiger partial charge is 0.367 e. The number of hydrogen-bond acceptors (Lipinski definition) is 3. The number of nitrogens with one attached hydrogen (secondary N) is 2. The first-order valence-corrected chi connectivity index (χ1v) is 5.41. The van der Waals surface area contributed by atoms with E-state index in [2.05, 4.69) is 15.6 Å². The van der Waals surface area contributed by atoms with Crippen molar-refractivity contribution in [3.8, 4) is 0 Å². The highest BCUT2D eigenvalue weighted by Crippen LogP contribution is 2.25. The summed E-state index contributed by atoms with van der Waals surface area (Å²) < 4.78 is 13.0. The molecule has 0 aromatic carbocycles. The van der Waals surface area contributed by atoms with E-state index in [-0.39, 0.29) is 5.82 Å². The van der Waals surface area contributed by atoms with E-state index < -0.39 is 0 Å². The van der Waals surface area contributed by atoms with Crippen LogP contribution in [-0.2, 0) is 6.54 Å². The van der Waals surface area contributed by atoms with Gasteiger partial charge in [-0.1, -0.05) is 6.92 Å². The Morgan fingerprint density at radius 1 is 1.53 bits per heavy atom. The molecule has 3 nitrogen and oxygen atoms in total. The number of rotatable bonds is 5. The molecule has 82 valence electrons. The Morgan fingerprint density at radius 3 is 3.00 bits per heavy atom. The zero-order valence-electron chi connectivity index (χ0n) is 8.89. The molecule has 2 N–H and O–H groups in total. The van der Waals surface area contributed by atoms with Gasteiger partial charge in [-0.15, -0.1) is 0 Å². The Labute approximate surface area is 89.1 Å². The molecule has 0 atom stereocenters. The summed E-state index contributed by atoms with van der Waals surface area (Å²) >= 11 is 0. The Balaban J connectivity index is 2.10. The van der Waals surface area contributed by atoms with Crippen LogP contribution >= 0.6 is 0 Å². The average Bonchev–Trinajstić information content (AvgIpc) is 3.02. The normalized spacial score (nSPS) is 15.3. The van der Waals surface area contributed by atoms with Crippen molar-refractivity contribution in [1.82, 2.24) is 10.3 Å². The Bertz CT molecular complexity index is 337. The highest BCUT2D eigenvalue weighted by atomic mass is 19.1. The molecule has 1 aromatic rings. The lowest BCUT2D eigenvalue weighted by molar-refractivity contribution is 0.615. The lowest BCUT2D eigenvalue weighted by atomic mass is 10.2. The minimum absolute atomic E-state index is 0.274. The summed E-state index contributed by atoms with van der Waals surface area (Å²) in [5.74, 6) is 0.545. The number of aromatic nitrogens is 1. The van der Waals surface area contributed by atoms with Crippen molar-refractivity contribution >= 4 is 5.82 Å². The van der Waals surface area contributed by atoms with Crippen LogP contribution in [0.1, 0.15) is 25.3 Å². The van der Waals surface area contributed by atoms with Gasteiger partial charge in [0.1, 0.15) is 11.6 Å². The summed E-state index contributed by atoms with van der Waals surface area (Å²) in [4.78, 5) is 4.09. The molecule has 0 spiro atoms. The molecule has 1 aliphatic carbocycles. The van der Waals surface area contributed by atoms with Gasteiger partial charge < -0.3 is 10.6 Å². The van der Waals surface area contributed by atoms with Crippen molar-refractivity contribution in [2.24, 2.45) is 0 Å². The van der Waals surface area contributed by atoms with E-state index in [1.54, 1.807) is 6.07 Å². The summed E-state index contributed by atoms with van der Waals surface area (Å²) in [5, 5.41) is 6.48. The molecule has 0 aliphatic heterocycles. The van der Waals surface area contributed by atoms with Crippen LogP contribution in [0.5, 0.6) is 0 Å². The maximum absolute atomic E-state index is 13.0. The van der Waals surface area contributed by atoms with Gasteiger partial charge in [-0.25, -0.2) is 9.37 Å². The molecular weight excluding hydrogens is 193 g/mol. The van der Waals surface area contributed by atoms with Gasteiger partial charge in [0.05, 0.1) is 6.20 Å². The first-order chi connectivity index (χ1) is 7.29. The molecule has 15 heavy (non-hydrogen) atoms. The zero-order chi connectivity index (χ0) is 10.7. The van der Waals surface area contributed by atoms with Crippen LogP contribution in [0, 0.1) is 5.82 Å². The van der Waals surface area contributed by atoms with Gasteiger partial charge in [-0.3, -0.25) is 0 Å². The molecule has 1 saturated carbocycles. The van der Waals surface area contributed by atoms with Gasteiger partial charge in [0.25, 0.3) is 0 Å². The second kappa shape index (κ2) is 4.57. The molecule has 0 unspecified atom stereocenters. The number of halogens is 1. The summed E-state index contributed by atoms with van der Waals surface area (Å²) in [7, 11) is 0. The lowest BCUT2D eigenvalue weighted by Gasteiger charge is -2.10. The molecule has 1 aliphatic rings. The minimum Gasteiger partial charge on any atom is -0.367 e. The van der Waals surface area contributed by atoms with Gasteiger partial charge >= 0.3 is 0 Å². The summed E-state index contributed by atoms with van der Waals surface area (Å²) in [5.41, 5.74) is 0.906. The summed E-state index contributed by atoms with van der Waals surface area (Å²) in [6, 6.07) is 2.09. The molecule has 0 radical (unpaired) electrons. The first kappa shape index (κ1) is 10.4. The first-order valence-electron chi connectivity index (χ1n) is 5.41. The maximum Gasteiger partial charge on any atom is 0.141 e. The Morgan fingerprint density at radius 2 is 2.33 bits per heavy atom. The molecule has 1 heterocycles. The summed E-state index contributed by atoms with van der Waals surface area (Å²) in [6.45, 7) is 3.57. The fourth-order valence-corrected chi connectivity index (χ4v) is 1.43. The van der Waals surface area contributed by atoms with E-state index >= 15 is 0 Å². The van der Waals surface area contributed by atoms with Crippen molar-refractivity contribution in [2.75, 3.05) is 11.9 Å². The average molecular weight is 209 g/mol. The van der Waals surface area contributed by atoms with E-state index in [1.807, 2.05) is 6.92 Å². The molecule has 4 heteroatoms. The molecule has 1 aromatic heterocycles. The minimum atomic E-state index is -0.274. The van der Waals surface area contributed by atoms with Crippen LogP contribution in [0.15, 0.2) is 12.3 Å². The van der Waals surface area contributed by atoms with Crippen molar-refractivity contribution in [1.29, 1.82) is 0 Å². The maximum atomic E-state index is 13.0. The van der Waals surface area contributed by atoms with Gasteiger partial charge in [0.2, 0.25) is 0 Å². The summed E-state index contributed by atoms with van der Waals surface area (Å²) in [6.07, 6.45) is 3.65. The van der Waals surface area contributed by atoms with Gasteiger partial charge in [-0.2, -0.15) is 0 Å². The second-order valence-electron chi connectivity index (χ2n) is 3.86. The zero-order valence-corrected chi connectivity index (χ0v) is 8.89. The standard InChI is InChI=1S/C11H16FN3/c1-2-13-6-8-5-9(12)7-14-11(8)15-10-3-4-10/h5,7,10,13H,2-4,6H2,1H3,(H,14,15). The van der Waals surface area contributed by atoms with Crippen molar-refractivity contribution in [3.05, 3.63) is 23.6 Å². The molecule has 0 bridgehead atoms. The Hall–Kier alpha value is -1.16. The van der Waals surface area contributed by atoms with Crippen LogP contribution in [0.25, 0.3) is 0 Å². The molecule has 1 fully saturated rings.